The lowest BCUT2D eigenvalue weighted by Crippen LogP contribution is -2.44. The summed E-state index contributed by atoms with van der Waals surface area (Å²) in [5.74, 6) is -1.19. The van der Waals surface area contributed by atoms with Gasteiger partial charge in [-0.05, 0) is 18.1 Å². The van der Waals surface area contributed by atoms with E-state index in [1.807, 2.05) is 0 Å². The van der Waals surface area contributed by atoms with E-state index in [1.165, 1.54) is 12.1 Å². The molecule has 1 N–H and O–H groups in total. The monoisotopic (exact) mass is 276 g/mol. The van der Waals surface area contributed by atoms with Gasteiger partial charge in [-0.3, -0.25) is 0 Å². The van der Waals surface area contributed by atoms with Crippen molar-refractivity contribution in [2.24, 2.45) is 0 Å². The van der Waals surface area contributed by atoms with Crippen molar-refractivity contribution in [1.82, 2.24) is 10.2 Å². The summed E-state index contributed by atoms with van der Waals surface area (Å²) >= 11 is 0. The van der Waals surface area contributed by atoms with E-state index in [9.17, 15) is 17.6 Å². The topological polar surface area (TPSA) is 15.3 Å². The Morgan fingerprint density at radius 2 is 1.84 bits per heavy atom. The first-order valence-electron chi connectivity index (χ1n) is 6.26. The van der Waals surface area contributed by atoms with Gasteiger partial charge in [-0.2, -0.15) is 13.2 Å². The predicted octanol–water partition coefficient (Wildman–Crippen LogP) is 2.29. The van der Waals surface area contributed by atoms with Crippen molar-refractivity contribution < 1.29 is 17.6 Å². The van der Waals surface area contributed by atoms with E-state index >= 15 is 0 Å². The lowest BCUT2D eigenvalue weighted by atomic mass is 10.0. The number of piperazine rings is 1. The number of nitrogens with zero attached hydrogens (tertiary/aromatic N) is 1. The first-order chi connectivity index (χ1) is 8.98. The van der Waals surface area contributed by atoms with Crippen LogP contribution in [-0.4, -0.2) is 37.6 Å². The van der Waals surface area contributed by atoms with Crippen LogP contribution >= 0.6 is 0 Å². The molecule has 1 aromatic rings. The fraction of sp³-hybridized carbons (Fsp3) is 0.538. The van der Waals surface area contributed by atoms with Crippen LogP contribution in [0.3, 0.4) is 0 Å². The molecule has 0 unspecified atom stereocenters. The van der Waals surface area contributed by atoms with E-state index in [1.54, 1.807) is 0 Å². The van der Waals surface area contributed by atoms with E-state index < -0.39 is 17.6 Å². The maximum Gasteiger partial charge on any atom is 0.419 e. The zero-order chi connectivity index (χ0) is 13.9. The van der Waals surface area contributed by atoms with E-state index in [4.69, 9.17) is 0 Å². The van der Waals surface area contributed by atoms with Gasteiger partial charge in [-0.25, -0.2) is 4.39 Å². The number of hydrogen-bond donors (Lipinski definition) is 1. The molecule has 19 heavy (non-hydrogen) atoms. The molecule has 0 atom stereocenters. The molecule has 0 radical (unpaired) electrons. The molecule has 0 spiro atoms. The summed E-state index contributed by atoms with van der Waals surface area (Å²) in [7, 11) is 0. The molecule has 0 aliphatic carbocycles. The van der Waals surface area contributed by atoms with Gasteiger partial charge < -0.3 is 10.2 Å². The summed E-state index contributed by atoms with van der Waals surface area (Å²) in [5, 5.41) is 3.18. The van der Waals surface area contributed by atoms with Crippen molar-refractivity contribution in [3.05, 3.63) is 35.1 Å². The third-order valence-electron chi connectivity index (χ3n) is 3.29. The van der Waals surface area contributed by atoms with E-state index in [-0.39, 0.29) is 12.0 Å². The first kappa shape index (κ1) is 14.3. The minimum Gasteiger partial charge on any atom is -0.314 e. The molecule has 1 aliphatic heterocycles. The summed E-state index contributed by atoms with van der Waals surface area (Å²) < 4.78 is 51.8. The van der Waals surface area contributed by atoms with Crippen molar-refractivity contribution >= 4 is 0 Å². The normalized spacial score (nSPS) is 17.7. The average Bonchev–Trinajstić information content (AvgIpc) is 2.36. The summed E-state index contributed by atoms with van der Waals surface area (Å²) in [5.41, 5.74) is -1.09. The van der Waals surface area contributed by atoms with Crippen LogP contribution in [0.25, 0.3) is 0 Å². The lowest BCUT2D eigenvalue weighted by Gasteiger charge is -2.27. The molecule has 1 heterocycles. The summed E-state index contributed by atoms with van der Waals surface area (Å²) in [6, 6.07) is 3.54. The standard InChI is InChI=1S/C13H16F4N2/c14-11-3-1-2-10(12(11)13(15,16)17)4-7-19-8-5-18-6-9-19/h1-3,18H,4-9H2. The maximum absolute atomic E-state index is 13.4. The van der Waals surface area contributed by atoms with Gasteiger partial charge in [-0.1, -0.05) is 12.1 Å². The highest BCUT2D eigenvalue weighted by molar-refractivity contribution is 5.31. The highest BCUT2D eigenvalue weighted by atomic mass is 19.4. The van der Waals surface area contributed by atoms with Crippen LogP contribution < -0.4 is 5.32 Å². The molecule has 0 aromatic heterocycles. The highest BCUT2D eigenvalue weighted by Gasteiger charge is 2.36. The van der Waals surface area contributed by atoms with Crippen molar-refractivity contribution in [1.29, 1.82) is 0 Å². The predicted molar refractivity (Wildman–Crippen MR) is 64.4 cm³/mol. The van der Waals surface area contributed by atoms with Gasteiger partial charge in [0.2, 0.25) is 0 Å². The molecule has 0 bridgehead atoms. The Labute approximate surface area is 109 Å². The molecule has 1 fully saturated rings. The molecule has 1 aromatic carbocycles. The third kappa shape index (κ3) is 3.67. The van der Waals surface area contributed by atoms with Crippen LogP contribution in [0, 0.1) is 5.82 Å². The number of nitrogens with one attached hydrogen (secondary N) is 1. The summed E-state index contributed by atoms with van der Waals surface area (Å²) in [6.07, 6.45) is -4.42. The molecule has 106 valence electrons. The molecule has 0 saturated carbocycles. The molecule has 1 aliphatic rings. The zero-order valence-electron chi connectivity index (χ0n) is 10.4. The SMILES string of the molecule is Fc1cccc(CCN2CCNCC2)c1C(F)(F)F. The first-order valence-corrected chi connectivity index (χ1v) is 6.26. The van der Waals surface area contributed by atoms with Crippen LogP contribution in [-0.2, 0) is 12.6 Å². The van der Waals surface area contributed by atoms with Crippen LogP contribution in [0.15, 0.2) is 18.2 Å². The van der Waals surface area contributed by atoms with Gasteiger partial charge >= 0.3 is 6.18 Å². The molecular weight excluding hydrogens is 260 g/mol. The Balaban J connectivity index is 2.09. The lowest BCUT2D eigenvalue weighted by molar-refractivity contribution is -0.140. The molecule has 0 amide bonds. The fourth-order valence-electron chi connectivity index (χ4n) is 2.31. The Bertz CT molecular complexity index is 425. The van der Waals surface area contributed by atoms with Crippen LogP contribution in [0.1, 0.15) is 11.1 Å². The zero-order valence-corrected chi connectivity index (χ0v) is 10.4. The Morgan fingerprint density at radius 3 is 2.47 bits per heavy atom. The van der Waals surface area contributed by atoms with Gasteiger partial charge in [0.15, 0.2) is 0 Å². The van der Waals surface area contributed by atoms with Gasteiger partial charge in [0.05, 0.1) is 5.56 Å². The Kier molecular flexibility index (Phi) is 4.42. The summed E-state index contributed by atoms with van der Waals surface area (Å²) in [4.78, 5) is 2.08. The summed E-state index contributed by atoms with van der Waals surface area (Å²) in [6.45, 7) is 3.84. The molecular formula is C13H16F4N2. The van der Waals surface area contributed by atoms with Gasteiger partial charge in [-0.15, -0.1) is 0 Å². The average molecular weight is 276 g/mol. The third-order valence-corrected chi connectivity index (χ3v) is 3.29. The quantitative estimate of drug-likeness (QED) is 0.852. The van der Waals surface area contributed by atoms with Gasteiger partial charge in [0.25, 0.3) is 0 Å². The van der Waals surface area contributed by atoms with Crippen LogP contribution in [0.5, 0.6) is 0 Å². The van der Waals surface area contributed by atoms with E-state index in [2.05, 4.69) is 10.2 Å². The van der Waals surface area contributed by atoms with Crippen LogP contribution in [0.2, 0.25) is 0 Å². The minimum atomic E-state index is -4.63. The fourth-order valence-corrected chi connectivity index (χ4v) is 2.31. The van der Waals surface area contributed by atoms with Gasteiger partial charge in [0, 0.05) is 32.7 Å². The van der Waals surface area contributed by atoms with Crippen molar-refractivity contribution in [2.75, 3.05) is 32.7 Å². The maximum atomic E-state index is 13.4. The minimum absolute atomic E-state index is 0.0334. The second-order valence-corrected chi connectivity index (χ2v) is 4.61. The Morgan fingerprint density at radius 1 is 1.16 bits per heavy atom. The van der Waals surface area contributed by atoms with Crippen molar-refractivity contribution in [2.45, 2.75) is 12.6 Å². The number of halogens is 4. The molecule has 6 heteroatoms. The number of rotatable bonds is 3. The number of alkyl halides is 3. The largest absolute Gasteiger partial charge is 0.419 e. The second-order valence-electron chi connectivity index (χ2n) is 4.61. The van der Waals surface area contributed by atoms with Crippen molar-refractivity contribution in [3.8, 4) is 0 Å². The number of hydrogen-bond acceptors (Lipinski definition) is 2. The smallest absolute Gasteiger partial charge is 0.314 e. The van der Waals surface area contributed by atoms with E-state index in [0.29, 0.717) is 6.54 Å². The Hall–Kier alpha value is -1.14. The molecule has 2 nitrogen and oxygen atoms in total. The van der Waals surface area contributed by atoms with Crippen molar-refractivity contribution in [3.63, 3.8) is 0 Å². The van der Waals surface area contributed by atoms with Gasteiger partial charge in [0.1, 0.15) is 5.82 Å². The highest BCUT2D eigenvalue weighted by Crippen LogP contribution is 2.34. The molecule has 2 rings (SSSR count). The van der Waals surface area contributed by atoms with E-state index in [0.717, 1.165) is 32.2 Å². The number of benzene rings is 1. The molecule has 1 saturated heterocycles. The van der Waals surface area contributed by atoms with Crippen LogP contribution in [0.4, 0.5) is 17.6 Å². The second kappa shape index (κ2) is 5.88.